The standard InChI is InChI=1S/C19H21ClN2O7S/c1-12-4-6-13(7-5-12)30(25,26)21-10-19(24)29-11-18(23)22-15-9-16(27-2)14(20)8-17(15)28-3/h4-9,21H,10-11H2,1-3H3,(H,22,23). The van der Waals surface area contributed by atoms with Gasteiger partial charge in [0.1, 0.15) is 18.0 Å². The number of halogens is 1. The molecule has 0 radical (unpaired) electrons. The maximum atomic E-state index is 12.2. The van der Waals surface area contributed by atoms with Crippen molar-refractivity contribution < 1.29 is 32.2 Å². The number of rotatable bonds is 9. The SMILES string of the molecule is COc1cc(NC(=O)COC(=O)CNS(=O)(=O)c2ccc(C)cc2)c(OC)cc1Cl. The molecule has 0 spiro atoms. The smallest absolute Gasteiger partial charge is 0.321 e. The Morgan fingerprint density at radius 2 is 1.67 bits per heavy atom. The summed E-state index contributed by atoms with van der Waals surface area (Å²) in [5, 5.41) is 2.80. The molecule has 1 amide bonds. The van der Waals surface area contributed by atoms with E-state index in [1.807, 2.05) is 6.92 Å². The summed E-state index contributed by atoms with van der Waals surface area (Å²) >= 11 is 6.00. The molecule has 0 atom stereocenters. The molecule has 11 heteroatoms. The Morgan fingerprint density at radius 1 is 1.03 bits per heavy atom. The van der Waals surface area contributed by atoms with Gasteiger partial charge in [0.15, 0.2) is 6.61 Å². The molecule has 0 aliphatic heterocycles. The third-order valence-electron chi connectivity index (χ3n) is 3.85. The molecule has 30 heavy (non-hydrogen) atoms. The van der Waals surface area contributed by atoms with E-state index in [9.17, 15) is 18.0 Å². The van der Waals surface area contributed by atoms with E-state index < -0.39 is 35.1 Å². The molecular formula is C19H21ClN2O7S. The van der Waals surface area contributed by atoms with Gasteiger partial charge in [-0.05, 0) is 19.1 Å². The maximum absolute atomic E-state index is 12.2. The molecule has 0 heterocycles. The Morgan fingerprint density at radius 3 is 2.27 bits per heavy atom. The van der Waals surface area contributed by atoms with Gasteiger partial charge in [0.25, 0.3) is 5.91 Å². The average Bonchev–Trinajstić information content (AvgIpc) is 2.72. The third kappa shape index (κ3) is 6.34. The molecule has 0 unspecified atom stereocenters. The number of esters is 1. The van der Waals surface area contributed by atoms with Crippen molar-refractivity contribution in [2.45, 2.75) is 11.8 Å². The van der Waals surface area contributed by atoms with Gasteiger partial charge in [-0.1, -0.05) is 29.3 Å². The topological polar surface area (TPSA) is 120 Å². The van der Waals surface area contributed by atoms with Crippen molar-refractivity contribution in [3.63, 3.8) is 0 Å². The van der Waals surface area contributed by atoms with Crippen molar-refractivity contribution in [3.8, 4) is 11.5 Å². The molecule has 0 aromatic heterocycles. The summed E-state index contributed by atoms with van der Waals surface area (Å²) in [5.41, 5.74) is 1.16. The average molecular weight is 457 g/mol. The number of hydrogen-bond acceptors (Lipinski definition) is 7. The van der Waals surface area contributed by atoms with Crippen LogP contribution in [-0.2, 0) is 24.3 Å². The van der Waals surface area contributed by atoms with E-state index in [0.717, 1.165) is 5.56 Å². The lowest BCUT2D eigenvalue weighted by Gasteiger charge is -2.13. The van der Waals surface area contributed by atoms with Gasteiger partial charge in [0, 0.05) is 12.1 Å². The minimum absolute atomic E-state index is 0.0161. The second-order valence-electron chi connectivity index (χ2n) is 6.03. The van der Waals surface area contributed by atoms with Gasteiger partial charge in [-0.2, -0.15) is 4.72 Å². The molecule has 0 aliphatic carbocycles. The Kier molecular flexibility index (Phi) is 8.04. The van der Waals surface area contributed by atoms with Crippen LogP contribution in [0.15, 0.2) is 41.3 Å². The van der Waals surface area contributed by atoms with Gasteiger partial charge in [-0.25, -0.2) is 8.42 Å². The predicted octanol–water partition coefficient (Wildman–Crippen LogP) is 2.13. The van der Waals surface area contributed by atoms with Crippen LogP contribution in [0.4, 0.5) is 5.69 Å². The van der Waals surface area contributed by atoms with E-state index in [-0.39, 0.29) is 16.3 Å². The number of hydrogen-bond donors (Lipinski definition) is 2. The fraction of sp³-hybridized carbons (Fsp3) is 0.263. The van der Waals surface area contributed by atoms with Crippen LogP contribution >= 0.6 is 11.6 Å². The first kappa shape index (κ1) is 23.5. The van der Waals surface area contributed by atoms with Gasteiger partial charge >= 0.3 is 5.97 Å². The van der Waals surface area contributed by atoms with Crippen LogP contribution in [0.25, 0.3) is 0 Å². The highest BCUT2D eigenvalue weighted by molar-refractivity contribution is 7.89. The molecule has 2 aromatic rings. The summed E-state index contributed by atoms with van der Waals surface area (Å²) in [4.78, 5) is 23.9. The zero-order chi connectivity index (χ0) is 22.3. The molecule has 0 fully saturated rings. The highest BCUT2D eigenvalue weighted by atomic mass is 35.5. The summed E-state index contributed by atoms with van der Waals surface area (Å²) < 4.78 is 41.4. The molecular weight excluding hydrogens is 436 g/mol. The Labute approximate surface area is 179 Å². The summed E-state index contributed by atoms with van der Waals surface area (Å²) in [7, 11) is -1.06. The Hall–Kier alpha value is -2.82. The summed E-state index contributed by atoms with van der Waals surface area (Å²) in [6, 6.07) is 9.03. The minimum atomic E-state index is -3.87. The fourth-order valence-electron chi connectivity index (χ4n) is 2.30. The Balaban J connectivity index is 1.89. The molecule has 0 aliphatic rings. The number of aryl methyl sites for hydroxylation is 1. The van der Waals surface area contributed by atoms with Crippen LogP contribution in [0.2, 0.25) is 5.02 Å². The molecule has 2 aromatic carbocycles. The van der Waals surface area contributed by atoms with Crippen LogP contribution in [0.1, 0.15) is 5.56 Å². The van der Waals surface area contributed by atoms with E-state index in [1.54, 1.807) is 12.1 Å². The number of carbonyl (C=O) groups is 2. The highest BCUT2D eigenvalue weighted by Crippen LogP contribution is 2.35. The van der Waals surface area contributed by atoms with Crippen molar-refractivity contribution in [2.24, 2.45) is 0 Å². The van der Waals surface area contributed by atoms with Gasteiger partial charge < -0.3 is 19.5 Å². The largest absolute Gasteiger partial charge is 0.495 e. The van der Waals surface area contributed by atoms with E-state index in [1.165, 1.54) is 38.5 Å². The van der Waals surface area contributed by atoms with Gasteiger partial charge in [0.2, 0.25) is 10.0 Å². The second-order valence-corrected chi connectivity index (χ2v) is 8.21. The molecule has 2 N–H and O–H groups in total. The number of methoxy groups -OCH3 is 2. The predicted molar refractivity (Wildman–Crippen MR) is 111 cm³/mol. The van der Waals surface area contributed by atoms with Crippen molar-refractivity contribution in [1.82, 2.24) is 4.72 Å². The molecule has 0 saturated carbocycles. The van der Waals surface area contributed by atoms with E-state index in [2.05, 4.69) is 10.0 Å². The van der Waals surface area contributed by atoms with Crippen LogP contribution in [-0.4, -0.2) is 47.7 Å². The lowest BCUT2D eigenvalue weighted by Crippen LogP contribution is -2.32. The second kappa shape index (κ2) is 10.3. The van der Waals surface area contributed by atoms with Crippen molar-refractivity contribution in [1.29, 1.82) is 0 Å². The number of nitrogens with one attached hydrogen (secondary N) is 2. The van der Waals surface area contributed by atoms with Crippen LogP contribution in [0.5, 0.6) is 11.5 Å². The van der Waals surface area contributed by atoms with Crippen LogP contribution < -0.4 is 19.5 Å². The first-order valence-electron chi connectivity index (χ1n) is 8.59. The van der Waals surface area contributed by atoms with E-state index in [0.29, 0.717) is 10.8 Å². The van der Waals surface area contributed by atoms with Crippen LogP contribution in [0.3, 0.4) is 0 Å². The summed E-state index contributed by atoms with van der Waals surface area (Å²) in [6.45, 7) is 0.572. The molecule has 2 rings (SSSR count). The van der Waals surface area contributed by atoms with Gasteiger partial charge in [0.05, 0.1) is 29.8 Å². The number of anilines is 1. The van der Waals surface area contributed by atoms with E-state index in [4.69, 9.17) is 25.8 Å². The quantitative estimate of drug-likeness (QED) is 0.554. The zero-order valence-electron chi connectivity index (χ0n) is 16.5. The summed E-state index contributed by atoms with van der Waals surface area (Å²) in [6.07, 6.45) is 0. The minimum Gasteiger partial charge on any atom is -0.495 e. The monoisotopic (exact) mass is 456 g/mol. The molecule has 0 bridgehead atoms. The van der Waals surface area contributed by atoms with Crippen LogP contribution in [0, 0.1) is 6.92 Å². The number of carbonyl (C=O) groups excluding carboxylic acids is 2. The first-order valence-corrected chi connectivity index (χ1v) is 10.5. The van der Waals surface area contributed by atoms with Crippen molar-refractivity contribution >= 4 is 39.2 Å². The summed E-state index contributed by atoms with van der Waals surface area (Å²) in [5.74, 6) is -0.976. The van der Waals surface area contributed by atoms with Crippen molar-refractivity contribution in [3.05, 3.63) is 47.0 Å². The maximum Gasteiger partial charge on any atom is 0.321 e. The highest BCUT2D eigenvalue weighted by Gasteiger charge is 2.17. The third-order valence-corrected chi connectivity index (χ3v) is 5.56. The molecule has 0 saturated heterocycles. The zero-order valence-corrected chi connectivity index (χ0v) is 18.1. The lowest BCUT2D eigenvalue weighted by molar-refractivity contribution is -0.146. The number of sulfonamides is 1. The fourth-order valence-corrected chi connectivity index (χ4v) is 3.50. The molecule has 9 nitrogen and oxygen atoms in total. The van der Waals surface area contributed by atoms with Gasteiger partial charge in [-0.15, -0.1) is 0 Å². The number of amides is 1. The van der Waals surface area contributed by atoms with Crippen molar-refractivity contribution in [2.75, 3.05) is 32.7 Å². The van der Waals surface area contributed by atoms with E-state index >= 15 is 0 Å². The number of benzene rings is 2. The Bertz CT molecular complexity index is 1020. The number of ether oxygens (including phenoxy) is 3. The van der Waals surface area contributed by atoms with Gasteiger partial charge in [-0.3, -0.25) is 9.59 Å². The molecule has 162 valence electrons. The lowest BCUT2D eigenvalue weighted by atomic mass is 10.2. The first-order chi connectivity index (χ1) is 14.2. The normalized spacial score (nSPS) is 10.9.